The lowest BCUT2D eigenvalue weighted by atomic mass is 10.2. The third kappa shape index (κ3) is 3.83. The SMILES string of the molecule is COc1ccc(-c2nc(CN3CCN(C(C)=O)CC3)c(C)o2)cc1OC. The van der Waals surface area contributed by atoms with Gasteiger partial charge in [0.1, 0.15) is 5.76 Å². The molecule has 0 bridgehead atoms. The second kappa shape index (κ2) is 7.78. The van der Waals surface area contributed by atoms with E-state index in [4.69, 9.17) is 13.9 Å². The minimum absolute atomic E-state index is 0.137. The molecule has 7 heteroatoms. The van der Waals surface area contributed by atoms with Crippen molar-refractivity contribution in [2.24, 2.45) is 0 Å². The number of aromatic nitrogens is 1. The van der Waals surface area contributed by atoms with Crippen LogP contribution in [0.4, 0.5) is 0 Å². The van der Waals surface area contributed by atoms with Crippen LogP contribution in [0.2, 0.25) is 0 Å². The van der Waals surface area contributed by atoms with E-state index in [2.05, 4.69) is 9.88 Å². The number of hydrogen-bond donors (Lipinski definition) is 0. The number of benzene rings is 1. The van der Waals surface area contributed by atoms with Gasteiger partial charge >= 0.3 is 0 Å². The molecule has 7 nitrogen and oxygen atoms in total. The van der Waals surface area contributed by atoms with E-state index in [1.54, 1.807) is 21.1 Å². The summed E-state index contributed by atoms with van der Waals surface area (Å²) in [5, 5.41) is 0. The molecule has 0 saturated carbocycles. The van der Waals surface area contributed by atoms with Gasteiger partial charge < -0.3 is 18.8 Å². The third-order valence-corrected chi connectivity index (χ3v) is 4.71. The minimum atomic E-state index is 0.137. The molecule has 1 saturated heterocycles. The van der Waals surface area contributed by atoms with Crippen LogP contribution in [0.1, 0.15) is 18.4 Å². The molecule has 1 aliphatic rings. The van der Waals surface area contributed by atoms with E-state index in [1.165, 1.54) is 0 Å². The van der Waals surface area contributed by atoms with Gasteiger partial charge in [0.15, 0.2) is 11.5 Å². The van der Waals surface area contributed by atoms with Gasteiger partial charge in [-0.2, -0.15) is 0 Å². The van der Waals surface area contributed by atoms with Gasteiger partial charge in [-0.05, 0) is 25.1 Å². The molecule has 1 aromatic heterocycles. The van der Waals surface area contributed by atoms with Crippen LogP contribution in [0.3, 0.4) is 0 Å². The maximum Gasteiger partial charge on any atom is 0.226 e. The third-order valence-electron chi connectivity index (χ3n) is 4.71. The molecule has 1 aromatic carbocycles. The van der Waals surface area contributed by atoms with Gasteiger partial charge in [0.2, 0.25) is 11.8 Å². The molecule has 0 radical (unpaired) electrons. The predicted octanol–water partition coefficient (Wildman–Crippen LogP) is 2.33. The van der Waals surface area contributed by atoms with Crippen LogP contribution in [0.25, 0.3) is 11.5 Å². The highest BCUT2D eigenvalue weighted by Gasteiger charge is 2.21. The van der Waals surface area contributed by atoms with Crippen molar-refractivity contribution in [3.8, 4) is 23.0 Å². The number of carbonyl (C=O) groups excluding carboxylic acids is 1. The molecule has 0 unspecified atom stereocenters. The van der Waals surface area contributed by atoms with Gasteiger partial charge in [-0.15, -0.1) is 0 Å². The zero-order valence-electron chi connectivity index (χ0n) is 15.7. The summed E-state index contributed by atoms with van der Waals surface area (Å²) in [5.41, 5.74) is 1.77. The Balaban J connectivity index is 1.73. The molecule has 2 aromatic rings. The van der Waals surface area contributed by atoms with Gasteiger partial charge in [0.25, 0.3) is 0 Å². The van der Waals surface area contributed by atoms with Gasteiger partial charge in [-0.25, -0.2) is 4.98 Å². The molecule has 0 aliphatic carbocycles. The highest BCUT2D eigenvalue weighted by molar-refractivity contribution is 5.73. The molecule has 0 N–H and O–H groups in total. The molecule has 1 amide bonds. The average Bonchev–Trinajstić information content (AvgIpc) is 3.02. The Morgan fingerprint density at radius 2 is 1.85 bits per heavy atom. The summed E-state index contributed by atoms with van der Waals surface area (Å²) in [5.74, 6) is 2.83. The number of methoxy groups -OCH3 is 2. The van der Waals surface area contributed by atoms with Gasteiger partial charge in [-0.1, -0.05) is 0 Å². The van der Waals surface area contributed by atoms with E-state index < -0.39 is 0 Å². The standard InChI is InChI=1S/C19H25N3O4/c1-13-16(12-21-7-9-22(10-8-21)14(2)23)20-19(26-13)15-5-6-17(24-3)18(11-15)25-4/h5-6,11H,7-10,12H2,1-4H3. The summed E-state index contributed by atoms with van der Waals surface area (Å²) in [7, 11) is 3.21. The van der Waals surface area contributed by atoms with Gasteiger partial charge in [0.05, 0.1) is 19.9 Å². The van der Waals surface area contributed by atoms with Crippen molar-refractivity contribution in [2.75, 3.05) is 40.4 Å². The number of carbonyl (C=O) groups is 1. The normalized spacial score (nSPS) is 15.2. The number of nitrogens with zero attached hydrogens (tertiary/aromatic N) is 3. The molecule has 0 spiro atoms. The quantitative estimate of drug-likeness (QED) is 0.816. The number of amides is 1. The first-order chi connectivity index (χ1) is 12.5. The van der Waals surface area contributed by atoms with Gasteiger partial charge in [0, 0.05) is 45.2 Å². The minimum Gasteiger partial charge on any atom is -0.493 e. The number of ether oxygens (including phenoxy) is 2. The molecular formula is C19H25N3O4. The van der Waals surface area contributed by atoms with E-state index in [1.807, 2.05) is 30.0 Å². The lowest BCUT2D eigenvalue weighted by molar-refractivity contribution is -0.130. The first kappa shape index (κ1) is 18.3. The highest BCUT2D eigenvalue weighted by Crippen LogP contribution is 2.32. The van der Waals surface area contributed by atoms with Crippen molar-refractivity contribution in [3.63, 3.8) is 0 Å². The molecule has 1 aliphatic heterocycles. The van der Waals surface area contributed by atoms with E-state index in [9.17, 15) is 4.79 Å². The lowest BCUT2D eigenvalue weighted by Gasteiger charge is -2.33. The van der Waals surface area contributed by atoms with E-state index in [-0.39, 0.29) is 5.91 Å². The molecule has 1 fully saturated rings. The average molecular weight is 359 g/mol. The molecule has 0 atom stereocenters. The molecule has 3 rings (SSSR count). The smallest absolute Gasteiger partial charge is 0.226 e. The number of piperazine rings is 1. The maximum absolute atomic E-state index is 11.4. The van der Waals surface area contributed by atoms with Crippen molar-refractivity contribution in [2.45, 2.75) is 20.4 Å². The fourth-order valence-corrected chi connectivity index (χ4v) is 3.10. The molecular weight excluding hydrogens is 334 g/mol. The highest BCUT2D eigenvalue weighted by atomic mass is 16.5. The van der Waals surface area contributed by atoms with Crippen molar-refractivity contribution < 1.29 is 18.7 Å². The fraction of sp³-hybridized carbons (Fsp3) is 0.474. The molecule has 140 valence electrons. The summed E-state index contributed by atoms with van der Waals surface area (Å²) >= 11 is 0. The number of rotatable bonds is 5. The van der Waals surface area contributed by atoms with Crippen molar-refractivity contribution in [1.29, 1.82) is 0 Å². The summed E-state index contributed by atoms with van der Waals surface area (Å²) in [6, 6.07) is 5.61. The summed E-state index contributed by atoms with van der Waals surface area (Å²) in [6.07, 6.45) is 0. The van der Waals surface area contributed by atoms with Crippen LogP contribution < -0.4 is 9.47 Å². The Bertz CT molecular complexity index is 779. The first-order valence-corrected chi connectivity index (χ1v) is 8.68. The van der Waals surface area contributed by atoms with Gasteiger partial charge in [-0.3, -0.25) is 9.69 Å². The summed E-state index contributed by atoms with van der Waals surface area (Å²) in [6.45, 7) is 7.47. The second-order valence-electron chi connectivity index (χ2n) is 6.37. The fourth-order valence-electron chi connectivity index (χ4n) is 3.10. The maximum atomic E-state index is 11.4. The van der Waals surface area contributed by atoms with Crippen LogP contribution >= 0.6 is 0 Å². The topological polar surface area (TPSA) is 68.0 Å². The Kier molecular flexibility index (Phi) is 5.46. The van der Waals surface area contributed by atoms with E-state index in [0.29, 0.717) is 23.9 Å². The van der Waals surface area contributed by atoms with Crippen molar-refractivity contribution in [1.82, 2.24) is 14.8 Å². The Morgan fingerprint density at radius 1 is 1.15 bits per heavy atom. The van der Waals surface area contributed by atoms with Crippen LogP contribution in [0.5, 0.6) is 11.5 Å². The summed E-state index contributed by atoms with van der Waals surface area (Å²) < 4.78 is 16.5. The number of oxazole rings is 1. The zero-order valence-corrected chi connectivity index (χ0v) is 15.7. The van der Waals surface area contributed by atoms with Crippen LogP contribution in [0.15, 0.2) is 22.6 Å². The molecule has 26 heavy (non-hydrogen) atoms. The van der Waals surface area contributed by atoms with Crippen molar-refractivity contribution >= 4 is 5.91 Å². The molecule has 2 heterocycles. The monoisotopic (exact) mass is 359 g/mol. The lowest BCUT2D eigenvalue weighted by Crippen LogP contribution is -2.47. The first-order valence-electron chi connectivity index (χ1n) is 8.68. The zero-order chi connectivity index (χ0) is 18.7. The Hall–Kier alpha value is -2.54. The van der Waals surface area contributed by atoms with Crippen LogP contribution in [0, 0.1) is 6.92 Å². The predicted molar refractivity (Wildman–Crippen MR) is 97.3 cm³/mol. The van der Waals surface area contributed by atoms with Crippen LogP contribution in [-0.2, 0) is 11.3 Å². The van der Waals surface area contributed by atoms with E-state index in [0.717, 1.165) is 43.2 Å². The Labute approximate surface area is 153 Å². The largest absolute Gasteiger partial charge is 0.493 e. The van der Waals surface area contributed by atoms with Crippen molar-refractivity contribution in [3.05, 3.63) is 29.7 Å². The van der Waals surface area contributed by atoms with Crippen LogP contribution in [-0.4, -0.2) is 61.1 Å². The summed E-state index contributed by atoms with van der Waals surface area (Å²) in [4.78, 5) is 20.3. The number of hydrogen-bond acceptors (Lipinski definition) is 6. The Morgan fingerprint density at radius 3 is 2.46 bits per heavy atom. The second-order valence-corrected chi connectivity index (χ2v) is 6.37. The number of aryl methyl sites for hydroxylation is 1. The van der Waals surface area contributed by atoms with E-state index >= 15 is 0 Å².